The van der Waals surface area contributed by atoms with Gasteiger partial charge in [0, 0.05) is 29.7 Å². The number of H-pyrrole nitrogens is 1. The van der Waals surface area contributed by atoms with Gasteiger partial charge in [-0.25, -0.2) is 4.68 Å². The maximum absolute atomic E-state index is 13.0. The highest BCUT2D eigenvalue weighted by atomic mass is 16.2. The number of aromatic amines is 1. The Labute approximate surface area is 172 Å². The largest absolute Gasteiger partial charge is 0.361 e. The van der Waals surface area contributed by atoms with E-state index in [4.69, 9.17) is 0 Å². The van der Waals surface area contributed by atoms with E-state index in [0.29, 0.717) is 11.4 Å². The van der Waals surface area contributed by atoms with Gasteiger partial charge in [-0.15, -0.1) is 0 Å². The lowest BCUT2D eigenvalue weighted by Gasteiger charge is -2.07. The third-order valence-corrected chi connectivity index (χ3v) is 5.08. The van der Waals surface area contributed by atoms with E-state index >= 15 is 0 Å². The van der Waals surface area contributed by atoms with Gasteiger partial charge in [0.15, 0.2) is 0 Å². The number of nitriles is 1. The van der Waals surface area contributed by atoms with Crippen molar-refractivity contribution in [2.45, 2.75) is 6.92 Å². The second-order valence-electron chi connectivity index (χ2n) is 6.85. The predicted octanol–water partition coefficient (Wildman–Crippen LogP) is 3.51. The molecule has 0 unspecified atom stereocenters. The molecule has 0 aliphatic rings. The van der Waals surface area contributed by atoms with Gasteiger partial charge in [-0.05, 0) is 31.2 Å². The van der Waals surface area contributed by atoms with E-state index in [1.54, 1.807) is 24.9 Å². The minimum atomic E-state index is -0.631. The van der Waals surface area contributed by atoms with Gasteiger partial charge in [0.2, 0.25) is 0 Å². The van der Waals surface area contributed by atoms with Crippen LogP contribution in [0.25, 0.3) is 22.7 Å². The molecule has 1 amide bonds. The van der Waals surface area contributed by atoms with E-state index in [-0.39, 0.29) is 16.8 Å². The maximum atomic E-state index is 13.0. The number of para-hydroxylation sites is 2. The summed E-state index contributed by atoms with van der Waals surface area (Å²) in [7, 11) is 1.74. The second-order valence-corrected chi connectivity index (χ2v) is 6.85. The Morgan fingerprint density at radius 3 is 2.57 bits per heavy atom. The van der Waals surface area contributed by atoms with Gasteiger partial charge in [0.25, 0.3) is 11.5 Å². The Morgan fingerprint density at radius 2 is 1.83 bits per heavy atom. The van der Waals surface area contributed by atoms with E-state index in [9.17, 15) is 14.9 Å². The van der Waals surface area contributed by atoms with Crippen LogP contribution in [0.1, 0.15) is 11.3 Å². The topological polar surface area (TPSA) is 95.6 Å². The molecule has 2 aromatic carbocycles. The zero-order valence-electron chi connectivity index (χ0n) is 16.5. The lowest BCUT2D eigenvalue weighted by atomic mass is 10.1. The van der Waals surface area contributed by atoms with Crippen LogP contribution in [0, 0.1) is 18.3 Å². The van der Waals surface area contributed by atoms with Crippen LogP contribution in [-0.2, 0) is 11.8 Å². The molecule has 2 heterocycles. The molecule has 7 nitrogen and oxygen atoms in total. The van der Waals surface area contributed by atoms with Crippen molar-refractivity contribution < 1.29 is 4.79 Å². The second kappa shape index (κ2) is 7.60. The molecule has 0 saturated heterocycles. The number of nitrogens with one attached hydrogen (secondary N) is 2. The first-order valence-corrected chi connectivity index (χ1v) is 9.34. The number of fused-ring (bicyclic) bond motifs is 1. The van der Waals surface area contributed by atoms with Gasteiger partial charge >= 0.3 is 0 Å². The van der Waals surface area contributed by atoms with Crippen LogP contribution in [0.4, 0.5) is 5.69 Å². The number of carbonyl (C=O) groups excluding carboxylic acids is 1. The normalized spacial score (nSPS) is 11.4. The van der Waals surface area contributed by atoms with E-state index in [1.807, 2.05) is 60.7 Å². The van der Waals surface area contributed by atoms with Crippen molar-refractivity contribution in [2.24, 2.45) is 7.05 Å². The molecule has 0 aliphatic heterocycles. The van der Waals surface area contributed by atoms with Crippen molar-refractivity contribution in [3.8, 4) is 11.8 Å². The predicted molar refractivity (Wildman–Crippen MR) is 116 cm³/mol. The van der Waals surface area contributed by atoms with Crippen LogP contribution >= 0.6 is 0 Å². The Bertz CT molecular complexity index is 1380. The monoisotopic (exact) mass is 397 g/mol. The van der Waals surface area contributed by atoms with Gasteiger partial charge in [0.1, 0.15) is 17.3 Å². The van der Waals surface area contributed by atoms with Gasteiger partial charge in [0.05, 0.1) is 11.4 Å². The lowest BCUT2D eigenvalue weighted by Crippen LogP contribution is -2.23. The molecule has 0 atom stereocenters. The van der Waals surface area contributed by atoms with Gasteiger partial charge < -0.3 is 10.3 Å². The molecule has 30 heavy (non-hydrogen) atoms. The molecule has 4 rings (SSSR count). The summed E-state index contributed by atoms with van der Waals surface area (Å²) in [6.45, 7) is 1.74. The molecule has 7 heteroatoms. The highest BCUT2D eigenvalue weighted by Crippen LogP contribution is 2.21. The molecule has 0 bridgehead atoms. The maximum Gasteiger partial charge on any atom is 0.295 e. The number of carbonyl (C=O) groups is 1. The van der Waals surface area contributed by atoms with Crippen molar-refractivity contribution in [3.63, 3.8) is 0 Å². The Hall–Kier alpha value is -4.31. The van der Waals surface area contributed by atoms with Crippen molar-refractivity contribution in [2.75, 3.05) is 5.32 Å². The van der Waals surface area contributed by atoms with Crippen LogP contribution in [0.3, 0.4) is 0 Å². The van der Waals surface area contributed by atoms with E-state index in [1.165, 1.54) is 10.8 Å². The fraction of sp³-hybridized carbons (Fsp3) is 0.0870. The molecule has 0 fully saturated rings. The molecular weight excluding hydrogens is 378 g/mol. The quantitative estimate of drug-likeness (QED) is 0.407. The number of rotatable bonds is 4. The minimum absolute atomic E-state index is 0.0892. The molecule has 0 spiro atoms. The summed E-state index contributed by atoms with van der Waals surface area (Å²) in [4.78, 5) is 28.9. The van der Waals surface area contributed by atoms with Crippen molar-refractivity contribution in [1.82, 2.24) is 14.3 Å². The number of aromatic nitrogens is 3. The molecular formula is C23H19N5O2. The average Bonchev–Trinajstić information content (AvgIpc) is 3.26. The molecule has 2 N–H and O–H groups in total. The molecule has 4 aromatic rings. The fourth-order valence-corrected chi connectivity index (χ4v) is 3.41. The standard InChI is InChI=1S/C23H19N5O2/c1-15-21(23(30)28(27(15)2)18-8-4-3-5-9-18)26-22(29)16(13-24)12-17-14-25-20-11-7-6-10-19(17)20/h3-12,14,25H,1-2H3,(H,26,29)/b16-12-. The number of hydrogen-bond acceptors (Lipinski definition) is 3. The molecule has 0 saturated carbocycles. The summed E-state index contributed by atoms with van der Waals surface area (Å²) in [5.74, 6) is -0.631. The lowest BCUT2D eigenvalue weighted by molar-refractivity contribution is -0.112. The summed E-state index contributed by atoms with van der Waals surface area (Å²) in [6.07, 6.45) is 3.26. The SMILES string of the molecule is Cc1c(NC(=O)/C(C#N)=C\c2c[nH]c3ccccc23)c(=O)n(-c2ccccc2)n1C. The summed E-state index contributed by atoms with van der Waals surface area (Å²) in [6, 6.07) is 18.7. The summed E-state index contributed by atoms with van der Waals surface area (Å²) >= 11 is 0. The molecule has 0 aliphatic carbocycles. The van der Waals surface area contributed by atoms with Crippen LogP contribution in [-0.4, -0.2) is 20.3 Å². The Kier molecular flexibility index (Phi) is 4.82. The van der Waals surface area contributed by atoms with Gasteiger partial charge in [-0.2, -0.15) is 5.26 Å². The van der Waals surface area contributed by atoms with E-state index in [0.717, 1.165) is 16.5 Å². The number of anilines is 1. The first-order chi connectivity index (χ1) is 14.5. The zero-order chi connectivity index (χ0) is 21.3. The summed E-state index contributed by atoms with van der Waals surface area (Å²) < 4.78 is 3.14. The van der Waals surface area contributed by atoms with E-state index in [2.05, 4.69) is 10.3 Å². The third kappa shape index (κ3) is 3.20. The summed E-state index contributed by atoms with van der Waals surface area (Å²) in [5.41, 5.74) is 2.60. The zero-order valence-corrected chi connectivity index (χ0v) is 16.5. The van der Waals surface area contributed by atoms with Gasteiger partial charge in [-0.1, -0.05) is 36.4 Å². The van der Waals surface area contributed by atoms with Crippen molar-refractivity contribution >= 4 is 28.6 Å². The highest BCUT2D eigenvalue weighted by Gasteiger charge is 2.20. The molecule has 0 radical (unpaired) electrons. The van der Waals surface area contributed by atoms with Crippen molar-refractivity contribution in [3.05, 3.63) is 88.0 Å². The molecule has 2 aromatic heterocycles. The van der Waals surface area contributed by atoms with Crippen LogP contribution in [0.2, 0.25) is 0 Å². The smallest absolute Gasteiger partial charge is 0.295 e. The number of amides is 1. The first kappa shape index (κ1) is 19.0. The van der Waals surface area contributed by atoms with Gasteiger partial charge in [-0.3, -0.25) is 14.3 Å². The van der Waals surface area contributed by atoms with Crippen LogP contribution in [0.5, 0.6) is 0 Å². The Balaban J connectivity index is 1.70. The average molecular weight is 397 g/mol. The van der Waals surface area contributed by atoms with Crippen molar-refractivity contribution in [1.29, 1.82) is 5.26 Å². The number of benzene rings is 2. The summed E-state index contributed by atoms with van der Waals surface area (Å²) in [5, 5.41) is 13.1. The third-order valence-electron chi connectivity index (χ3n) is 5.08. The highest BCUT2D eigenvalue weighted by molar-refractivity contribution is 6.10. The van der Waals surface area contributed by atoms with Crippen LogP contribution < -0.4 is 10.9 Å². The first-order valence-electron chi connectivity index (χ1n) is 9.34. The fourth-order valence-electron chi connectivity index (χ4n) is 3.41. The van der Waals surface area contributed by atoms with E-state index < -0.39 is 5.91 Å². The minimum Gasteiger partial charge on any atom is -0.361 e. The Morgan fingerprint density at radius 1 is 1.13 bits per heavy atom. The van der Waals surface area contributed by atoms with Crippen LogP contribution in [0.15, 0.2) is 71.2 Å². The number of nitrogens with zero attached hydrogens (tertiary/aromatic N) is 3. The number of hydrogen-bond donors (Lipinski definition) is 2. The molecule has 148 valence electrons.